The van der Waals surface area contributed by atoms with Gasteiger partial charge in [0.25, 0.3) is 5.91 Å². The molecule has 4 rings (SSSR count). The molecule has 0 aliphatic rings. The summed E-state index contributed by atoms with van der Waals surface area (Å²) in [5.41, 5.74) is 2.84. The normalized spacial score (nSPS) is 10.8. The van der Waals surface area contributed by atoms with Crippen LogP contribution in [0.5, 0.6) is 0 Å². The Hall–Kier alpha value is -3.06. The molecule has 118 valence electrons. The number of fused-ring (bicyclic) bond motifs is 1. The summed E-state index contributed by atoms with van der Waals surface area (Å²) in [6.45, 7) is 0.303. The standard InChI is InChI=1S/C17H13N5OS/c23-17(16-6-5-12-3-1-2-4-15(12)19-16)18-9-13-10-22(21-20-13)14-7-8-24-11-14/h1-8,10-11H,9H2,(H,18,23). The molecule has 0 aliphatic carbocycles. The summed E-state index contributed by atoms with van der Waals surface area (Å²) in [5, 5.41) is 15.9. The van der Waals surface area contributed by atoms with E-state index in [0.717, 1.165) is 16.6 Å². The molecule has 1 aromatic carbocycles. The smallest absolute Gasteiger partial charge is 0.270 e. The molecule has 3 heterocycles. The fourth-order valence-electron chi connectivity index (χ4n) is 2.35. The zero-order valence-electron chi connectivity index (χ0n) is 12.6. The summed E-state index contributed by atoms with van der Waals surface area (Å²) in [7, 11) is 0. The van der Waals surface area contributed by atoms with Crippen LogP contribution < -0.4 is 5.32 Å². The van der Waals surface area contributed by atoms with E-state index in [1.165, 1.54) is 0 Å². The van der Waals surface area contributed by atoms with Crippen molar-refractivity contribution >= 4 is 28.1 Å². The third-order valence-corrected chi connectivity index (χ3v) is 4.24. The molecule has 0 bridgehead atoms. The molecule has 3 aromatic heterocycles. The maximum Gasteiger partial charge on any atom is 0.270 e. The molecule has 7 heteroatoms. The number of hydrogen-bond acceptors (Lipinski definition) is 5. The highest BCUT2D eigenvalue weighted by Gasteiger charge is 2.09. The number of nitrogens with one attached hydrogen (secondary N) is 1. The SMILES string of the molecule is O=C(NCc1cn(-c2ccsc2)nn1)c1ccc2ccccc2n1. The lowest BCUT2D eigenvalue weighted by Gasteiger charge is -2.03. The highest BCUT2D eigenvalue weighted by molar-refractivity contribution is 7.08. The zero-order chi connectivity index (χ0) is 16.4. The van der Waals surface area contributed by atoms with Crippen molar-refractivity contribution in [2.75, 3.05) is 0 Å². The molecule has 0 fully saturated rings. The van der Waals surface area contributed by atoms with Crippen LogP contribution >= 0.6 is 11.3 Å². The van der Waals surface area contributed by atoms with E-state index in [-0.39, 0.29) is 5.91 Å². The first kappa shape index (κ1) is 14.5. The summed E-state index contributed by atoms with van der Waals surface area (Å²) in [6, 6.07) is 13.3. The minimum absolute atomic E-state index is 0.231. The van der Waals surface area contributed by atoms with Gasteiger partial charge in [-0.2, -0.15) is 11.3 Å². The number of pyridine rings is 1. The molecular formula is C17H13N5OS. The Morgan fingerprint density at radius 3 is 2.96 bits per heavy atom. The topological polar surface area (TPSA) is 72.7 Å². The van der Waals surface area contributed by atoms with Crippen LogP contribution in [0.2, 0.25) is 0 Å². The summed E-state index contributed by atoms with van der Waals surface area (Å²) < 4.78 is 1.69. The number of amides is 1. The van der Waals surface area contributed by atoms with E-state index < -0.39 is 0 Å². The summed E-state index contributed by atoms with van der Waals surface area (Å²) >= 11 is 1.59. The van der Waals surface area contributed by atoms with Crippen LogP contribution in [-0.4, -0.2) is 25.9 Å². The monoisotopic (exact) mass is 335 g/mol. The Morgan fingerprint density at radius 1 is 1.17 bits per heavy atom. The van der Waals surface area contributed by atoms with Crippen molar-refractivity contribution in [3.05, 3.63) is 70.8 Å². The van der Waals surface area contributed by atoms with Crippen LogP contribution in [0.25, 0.3) is 16.6 Å². The van der Waals surface area contributed by atoms with Crippen molar-refractivity contribution in [2.45, 2.75) is 6.54 Å². The predicted octanol–water partition coefficient (Wildman–Crippen LogP) is 2.81. The molecular weight excluding hydrogens is 322 g/mol. The Kier molecular flexibility index (Phi) is 3.76. The van der Waals surface area contributed by atoms with Crippen LogP contribution in [0, 0.1) is 0 Å². The van der Waals surface area contributed by atoms with Crippen molar-refractivity contribution in [3.8, 4) is 5.69 Å². The van der Waals surface area contributed by atoms with E-state index >= 15 is 0 Å². The van der Waals surface area contributed by atoms with E-state index in [0.29, 0.717) is 17.9 Å². The van der Waals surface area contributed by atoms with Gasteiger partial charge in [-0.25, -0.2) is 9.67 Å². The van der Waals surface area contributed by atoms with Crippen LogP contribution in [0.4, 0.5) is 0 Å². The highest BCUT2D eigenvalue weighted by Crippen LogP contribution is 2.12. The van der Waals surface area contributed by atoms with Crippen LogP contribution in [0.1, 0.15) is 16.2 Å². The molecule has 0 atom stereocenters. The zero-order valence-corrected chi connectivity index (χ0v) is 13.4. The minimum Gasteiger partial charge on any atom is -0.345 e. The van der Waals surface area contributed by atoms with Crippen molar-refractivity contribution in [2.24, 2.45) is 0 Å². The quantitative estimate of drug-likeness (QED) is 0.622. The number of thiophene rings is 1. The van der Waals surface area contributed by atoms with Gasteiger partial charge in [0.1, 0.15) is 11.4 Å². The lowest BCUT2D eigenvalue weighted by atomic mass is 10.2. The van der Waals surface area contributed by atoms with Crippen LogP contribution in [0.15, 0.2) is 59.4 Å². The van der Waals surface area contributed by atoms with E-state index in [9.17, 15) is 4.79 Å². The average Bonchev–Trinajstić information content (AvgIpc) is 3.30. The van der Waals surface area contributed by atoms with Gasteiger partial charge in [0.05, 0.1) is 23.9 Å². The molecule has 1 N–H and O–H groups in total. The third kappa shape index (κ3) is 2.89. The van der Waals surface area contributed by atoms with Gasteiger partial charge in [-0.05, 0) is 23.6 Å². The number of carbonyl (C=O) groups excluding carboxylic acids is 1. The Balaban J connectivity index is 1.46. The third-order valence-electron chi connectivity index (χ3n) is 3.57. The van der Waals surface area contributed by atoms with Crippen molar-refractivity contribution < 1.29 is 4.79 Å². The summed E-state index contributed by atoms with van der Waals surface area (Å²) in [6.07, 6.45) is 1.80. The number of carbonyl (C=O) groups is 1. The minimum atomic E-state index is -0.231. The maximum atomic E-state index is 12.3. The van der Waals surface area contributed by atoms with E-state index in [2.05, 4.69) is 20.6 Å². The number of aromatic nitrogens is 4. The van der Waals surface area contributed by atoms with Gasteiger partial charge >= 0.3 is 0 Å². The van der Waals surface area contributed by atoms with Crippen LogP contribution in [0.3, 0.4) is 0 Å². The Bertz CT molecular complexity index is 993. The number of para-hydroxylation sites is 1. The first-order valence-electron chi connectivity index (χ1n) is 7.37. The van der Waals surface area contributed by atoms with Gasteiger partial charge in [0.15, 0.2) is 0 Å². The van der Waals surface area contributed by atoms with Gasteiger partial charge in [0.2, 0.25) is 0 Å². The van der Waals surface area contributed by atoms with E-state index in [1.54, 1.807) is 28.3 Å². The molecule has 24 heavy (non-hydrogen) atoms. The van der Waals surface area contributed by atoms with Gasteiger partial charge in [0, 0.05) is 10.8 Å². The molecule has 6 nitrogen and oxygen atoms in total. The molecule has 1 amide bonds. The molecule has 4 aromatic rings. The fraction of sp³-hybridized carbons (Fsp3) is 0.0588. The summed E-state index contributed by atoms with van der Waals surface area (Å²) in [4.78, 5) is 16.7. The van der Waals surface area contributed by atoms with Crippen LogP contribution in [-0.2, 0) is 6.54 Å². The lowest BCUT2D eigenvalue weighted by Crippen LogP contribution is -2.24. The Morgan fingerprint density at radius 2 is 2.08 bits per heavy atom. The molecule has 0 spiro atoms. The van der Waals surface area contributed by atoms with Gasteiger partial charge in [-0.1, -0.05) is 29.5 Å². The van der Waals surface area contributed by atoms with E-state index in [1.807, 2.05) is 47.2 Å². The van der Waals surface area contributed by atoms with Crippen molar-refractivity contribution in [1.82, 2.24) is 25.3 Å². The fourth-order valence-corrected chi connectivity index (χ4v) is 2.97. The van der Waals surface area contributed by atoms with Crippen molar-refractivity contribution in [3.63, 3.8) is 0 Å². The number of rotatable bonds is 4. The molecule has 0 saturated carbocycles. The first-order chi connectivity index (χ1) is 11.8. The second kappa shape index (κ2) is 6.21. The summed E-state index contributed by atoms with van der Waals surface area (Å²) in [5.74, 6) is -0.231. The molecule has 0 radical (unpaired) electrons. The Labute approximate surface area is 141 Å². The number of nitrogens with zero attached hydrogens (tertiary/aromatic N) is 4. The van der Waals surface area contributed by atoms with Crippen molar-refractivity contribution in [1.29, 1.82) is 0 Å². The predicted molar refractivity (Wildman–Crippen MR) is 92.1 cm³/mol. The number of benzene rings is 1. The molecule has 0 aliphatic heterocycles. The highest BCUT2D eigenvalue weighted by atomic mass is 32.1. The second-order valence-corrected chi connectivity index (χ2v) is 5.99. The lowest BCUT2D eigenvalue weighted by molar-refractivity contribution is 0.0946. The van der Waals surface area contributed by atoms with Gasteiger partial charge in [-0.15, -0.1) is 5.10 Å². The first-order valence-corrected chi connectivity index (χ1v) is 8.32. The van der Waals surface area contributed by atoms with Gasteiger partial charge < -0.3 is 5.32 Å². The largest absolute Gasteiger partial charge is 0.345 e. The van der Waals surface area contributed by atoms with Gasteiger partial charge in [-0.3, -0.25) is 4.79 Å². The second-order valence-electron chi connectivity index (χ2n) is 5.21. The maximum absolute atomic E-state index is 12.3. The van der Waals surface area contributed by atoms with E-state index in [4.69, 9.17) is 0 Å². The molecule has 0 unspecified atom stereocenters. The molecule has 0 saturated heterocycles. The number of hydrogen-bond donors (Lipinski definition) is 1. The average molecular weight is 335 g/mol.